The van der Waals surface area contributed by atoms with Crippen molar-refractivity contribution in [2.24, 2.45) is 0 Å². The molecule has 1 amide bonds. The molecule has 9 nitrogen and oxygen atoms in total. The largest absolute Gasteiger partial charge is 0.355 e. The summed E-state index contributed by atoms with van der Waals surface area (Å²) in [6.07, 6.45) is 7.43. The van der Waals surface area contributed by atoms with Crippen LogP contribution in [-0.4, -0.2) is 92.8 Å². The van der Waals surface area contributed by atoms with Gasteiger partial charge in [-0.3, -0.25) is 10.2 Å². The van der Waals surface area contributed by atoms with Gasteiger partial charge in [-0.15, -0.1) is 0 Å². The van der Waals surface area contributed by atoms with Gasteiger partial charge in [-0.2, -0.15) is 5.10 Å². The van der Waals surface area contributed by atoms with E-state index in [0.29, 0.717) is 44.5 Å². The van der Waals surface area contributed by atoms with Crippen LogP contribution in [0.5, 0.6) is 0 Å². The molecule has 35 heavy (non-hydrogen) atoms. The number of carbonyl (C=O) groups is 1. The summed E-state index contributed by atoms with van der Waals surface area (Å²) in [7, 11) is 3.81. The molecule has 0 unspecified atom stereocenters. The van der Waals surface area contributed by atoms with Gasteiger partial charge in [-0.25, -0.2) is 9.50 Å². The zero-order valence-electron chi connectivity index (χ0n) is 21.6. The van der Waals surface area contributed by atoms with Gasteiger partial charge in [0.1, 0.15) is 12.2 Å². The highest BCUT2D eigenvalue weighted by Gasteiger charge is 2.22. The highest BCUT2D eigenvalue weighted by atomic mass is 16.2. The fourth-order valence-corrected chi connectivity index (χ4v) is 4.56. The predicted molar refractivity (Wildman–Crippen MR) is 140 cm³/mol. The number of aryl methyl sites for hydroxylation is 1. The summed E-state index contributed by atoms with van der Waals surface area (Å²) in [4.78, 5) is 26.0. The number of carbonyl (C=O) groups excluding carboxylic acids is 1. The molecule has 1 fully saturated rings. The van der Waals surface area contributed by atoms with E-state index in [2.05, 4.69) is 48.8 Å². The molecule has 1 saturated heterocycles. The molecule has 3 aromatic rings. The van der Waals surface area contributed by atoms with Gasteiger partial charge in [0.2, 0.25) is 5.91 Å². The van der Waals surface area contributed by atoms with Crippen LogP contribution in [0.3, 0.4) is 0 Å². The van der Waals surface area contributed by atoms with Crippen LogP contribution in [0.25, 0.3) is 23.0 Å². The molecule has 3 aromatic heterocycles. The van der Waals surface area contributed by atoms with E-state index in [0.717, 1.165) is 28.2 Å². The second-order valence-corrected chi connectivity index (χ2v) is 9.85. The molecule has 4 rings (SSSR count). The lowest BCUT2D eigenvalue weighted by Gasteiger charge is -2.35. The topological polar surface area (TPSA) is 96.6 Å². The lowest BCUT2D eigenvalue weighted by Crippen LogP contribution is -2.51. The number of aromatic amines is 1. The van der Waals surface area contributed by atoms with E-state index in [9.17, 15) is 4.79 Å². The van der Waals surface area contributed by atoms with Gasteiger partial charge in [0.25, 0.3) is 0 Å². The van der Waals surface area contributed by atoms with Crippen molar-refractivity contribution in [1.82, 2.24) is 34.3 Å². The van der Waals surface area contributed by atoms with E-state index < -0.39 is 0 Å². The van der Waals surface area contributed by atoms with Gasteiger partial charge < -0.3 is 19.7 Å². The van der Waals surface area contributed by atoms with Crippen LogP contribution in [0, 0.1) is 19.3 Å². The molecule has 0 saturated carbocycles. The number of hydrogen-bond acceptors (Lipinski definition) is 5. The van der Waals surface area contributed by atoms with Crippen molar-refractivity contribution in [1.29, 1.82) is 5.41 Å². The monoisotopic (exact) mass is 476 g/mol. The molecule has 1 aliphatic heterocycles. The molecule has 0 aromatic carbocycles. The summed E-state index contributed by atoms with van der Waals surface area (Å²) >= 11 is 0. The van der Waals surface area contributed by atoms with Crippen molar-refractivity contribution >= 4 is 23.5 Å². The van der Waals surface area contributed by atoms with Crippen molar-refractivity contribution in [2.45, 2.75) is 33.6 Å². The number of hydrogen-bond donors (Lipinski definition) is 2. The van der Waals surface area contributed by atoms with Gasteiger partial charge in [0, 0.05) is 43.6 Å². The molecular formula is C26H36N8O. The summed E-state index contributed by atoms with van der Waals surface area (Å²) in [6.45, 7) is 11.7. The average molecular weight is 477 g/mol. The van der Waals surface area contributed by atoms with E-state index in [1.165, 1.54) is 11.1 Å². The summed E-state index contributed by atoms with van der Waals surface area (Å²) in [6, 6.07) is 2.17. The maximum Gasteiger partial charge on any atom is 0.236 e. The Morgan fingerprint density at radius 2 is 1.86 bits per heavy atom. The first-order chi connectivity index (χ1) is 16.7. The number of H-pyrrole nitrogens is 1. The zero-order chi connectivity index (χ0) is 25.3. The Kier molecular flexibility index (Phi) is 7.07. The highest BCUT2D eigenvalue weighted by molar-refractivity contribution is 5.94. The van der Waals surface area contributed by atoms with E-state index in [-0.39, 0.29) is 5.91 Å². The van der Waals surface area contributed by atoms with Gasteiger partial charge in [-0.05, 0) is 68.8 Å². The van der Waals surface area contributed by atoms with Crippen molar-refractivity contribution < 1.29 is 4.79 Å². The summed E-state index contributed by atoms with van der Waals surface area (Å²) in [5, 5.41) is 12.9. The second kappa shape index (κ2) is 10.0. The number of fused-ring (bicyclic) bond motifs is 1. The van der Waals surface area contributed by atoms with Crippen LogP contribution < -0.4 is 0 Å². The summed E-state index contributed by atoms with van der Waals surface area (Å²) < 4.78 is 1.83. The lowest BCUT2D eigenvalue weighted by molar-refractivity contribution is -0.133. The van der Waals surface area contributed by atoms with Crippen LogP contribution in [0.2, 0.25) is 0 Å². The van der Waals surface area contributed by atoms with Gasteiger partial charge in [-0.1, -0.05) is 13.8 Å². The molecule has 0 spiro atoms. The quantitative estimate of drug-likeness (QED) is 0.421. The Bertz CT molecular complexity index is 1260. The molecule has 0 radical (unpaired) electrons. The van der Waals surface area contributed by atoms with Crippen LogP contribution in [-0.2, 0) is 4.79 Å². The normalized spacial score (nSPS) is 14.7. The number of nitrogens with zero attached hydrogens (tertiary/aromatic N) is 6. The molecule has 0 aliphatic carbocycles. The lowest BCUT2D eigenvalue weighted by atomic mass is 9.96. The minimum Gasteiger partial charge on any atom is -0.355 e. The van der Waals surface area contributed by atoms with Crippen molar-refractivity contribution in [3.05, 3.63) is 47.1 Å². The third-order valence-electron chi connectivity index (χ3n) is 6.73. The number of rotatable bonds is 6. The SMILES string of the molecule is Cc1c(-c2[nH]c(/C=C\C(=N)N3CCN(C(=O)CN(C)C)CC3)cc2C(C)C)cn2ncnc2c1C. The Balaban J connectivity index is 1.51. The molecule has 4 heterocycles. The molecule has 2 N–H and O–H groups in total. The molecular weight excluding hydrogens is 440 g/mol. The number of pyridine rings is 1. The predicted octanol–water partition coefficient (Wildman–Crippen LogP) is 3.16. The average Bonchev–Trinajstić information content (AvgIpc) is 3.47. The maximum atomic E-state index is 12.3. The van der Waals surface area contributed by atoms with Crippen molar-refractivity contribution in [3.8, 4) is 11.3 Å². The maximum absolute atomic E-state index is 12.3. The van der Waals surface area contributed by atoms with Crippen LogP contribution >= 0.6 is 0 Å². The van der Waals surface area contributed by atoms with Gasteiger partial charge in [0.15, 0.2) is 5.65 Å². The molecule has 0 bridgehead atoms. The number of aromatic nitrogens is 4. The van der Waals surface area contributed by atoms with Crippen LogP contribution in [0.4, 0.5) is 0 Å². The van der Waals surface area contributed by atoms with Crippen molar-refractivity contribution in [3.63, 3.8) is 0 Å². The number of likely N-dealkylation sites (N-methyl/N-ethyl adjacent to an activating group) is 1. The summed E-state index contributed by atoms with van der Waals surface area (Å²) in [5.74, 6) is 0.941. The number of piperazine rings is 1. The van der Waals surface area contributed by atoms with E-state index in [4.69, 9.17) is 5.41 Å². The Morgan fingerprint density at radius 3 is 2.51 bits per heavy atom. The fourth-order valence-electron chi connectivity index (χ4n) is 4.56. The third-order valence-corrected chi connectivity index (χ3v) is 6.73. The second-order valence-electron chi connectivity index (χ2n) is 9.85. The van der Waals surface area contributed by atoms with E-state index >= 15 is 0 Å². The Hall–Kier alpha value is -3.46. The fraction of sp³-hybridized carbons (Fsp3) is 0.462. The van der Waals surface area contributed by atoms with Gasteiger partial charge in [0.05, 0.1) is 12.2 Å². The number of amidine groups is 1. The van der Waals surface area contributed by atoms with Gasteiger partial charge >= 0.3 is 0 Å². The first kappa shape index (κ1) is 24.7. The third kappa shape index (κ3) is 5.14. The standard InChI is InChI=1S/C26H36N8O/c1-17(2)21-13-20(30-25(21)22-14-34-26(28-16-29-34)19(4)18(22)3)7-8-23(27)32-9-11-33(12-10-32)24(35)15-31(5)6/h7-8,13-14,16-17,27,30H,9-12,15H2,1-6H3/b8-7-,27-23?. The first-order valence-corrected chi connectivity index (χ1v) is 12.1. The Labute approximate surface area is 206 Å². The summed E-state index contributed by atoms with van der Waals surface area (Å²) in [5.41, 5.74) is 7.55. The van der Waals surface area contributed by atoms with Crippen LogP contribution in [0.1, 0.15) is 42.1 Å². The number of amides is 1. The minimum absolute atomic E-state index is 0.145. The Morgan fingerprint density at radius 1 is 1.17 bits per heavy atom. The van der Waals surface area contributed by atoms with Crippen LogP contribution in [0.15, 0.2) is 24.7 Å². The van der Waals surface area contributed by atoms with E-state index in [1.807, 2.05) is 51.7 Å². The molecule has 1 aliphatic rings. The number of nitrogens with one attached hydrogen (secondary N) is 2. The molecule has 9 heteroatoms. The van der Waals surface area contributed by atoms with E-state index in [1.54, 1.807) is 6.33 Å². The smallest absolute Gasteiger partial charge is 0.236 e. The minimum atomic E-state index is 0.145. The first-order valence-electron chi connectivity index (χ1n) is 12.1. The highest BCUT2D eigenvalue weighted by Crippen LogP contribution is 2.33. The van der Waals surface area contributed by atoms with Crippen molar-refractivity contribution in [2.75, 3.05) is 46.8 Å². The zero-order valence-corrected chi connectivity index (χ0v) is 21.6. The molecule has 186 valence electrons. The molecule has 0 atom stereocenters.